The quantitative estimate of drug-likeness (QED) is 0.581. The first-order valence-electron chi connectivity index (χ1n) is 9.74. The zero-order valence-electron chi connectivity index (χ0n) is 15.5. The van der Waals surface area contributed by atoms with Crippen LogP contribution in [0.1, 0.15) is 42.5 Å². The molecule has 0 spiro atoms. The van der Waals surface area contributed by atoms with Gasteiger partial charge in [0.1, 0.15) is 0 Å². The van der Waals surface area contributed by atoms with Gasteiger partial charge >= 0.3 is 0 Å². The molecule has 146 valence electrons. The Morgan fingerprint density at radius 1 is 1.00 bits per heavy atom. The molecule has 0 bridgehead atoms. The molecule has 1 aromatic carbocycles. The Hall–Kier alpha value is -2.96. The molecule has 7 heteroatoms. The highest BCUT2D eigenvalue weighted by Gasteiger charge is 2.46. The van der Waals surface area contributed by atoms with Crippen molar-refractivity contribution in [3.63, 3.8) is 0 Å². The van der Waals surface area contributed by atoms with Crippen molar-refractivity contribution in [2.75, 3.05) is 11.9 Å². The molecule has 0 radical (unpaired) electrons. The number of rotatable bonds is 6. The van der Waals surface area contributed by atoms with E-state index in [2.05, 4.69) is 10.6 Å². The Morgan fingerprint density at radius 3 is 2.29 bits per heavy atom. The zero-order valence-corrected chi connectivity index (χ0v) is 15.5. The molecule has 0 unspecified atom stereocenters. The van der Waals surface area contributed by atoms with Crippen molar-refractivity contribution in [1.82, 2.24) is 10.2 Å². The maximum atomic E-state index is 12.5. The Labute approximate surface area is 163 Å². The molecule has 2 atom stereocenters. The minimum absolute atomic E-state index is 0.00290. The minimum atomic E-state index is -0.333. The molecule has 7 nitrogen and oxygen atoms in total. The van der Waals surface area contributed by atoms with E-state index in [9.17, 15) is 19.2 Å². The van der Waals surface area contributed by atoms with Crippen LogP contribution in [0.4, 0.5) is 5.69 Å². The highest BCUT2D eigenvalue weighted by atomic mass is 16.2. The molecule has 4 rings (SSSR count). The van der Waals surface area contributed by atoms with Crippen LogP contribution >= 0.6 is 0 Å². The first kappa shape index (κ1) is 18.4. The second-order valence-electron chi connectivity index (χ2n) is 7.58. The monoisotopic (exact) mass is 381 g/mol. The molecular weight excluding hydrogens is 358 g/mol. The van der Waals surface area contributed by atoms with Gasteiger partial charge in [0, 0.05) is 19.0 Å². The highest BCUT2D eigenvalue weighted by molar-refractivity contribution is 6.06. The molecule has 2 N–H and O–H groups in total. The number of allylic oxidation sites excluding steroid dienone is 2. The van der Waals surface area contributed by atoms with Crippen molar-refractivity contribution in [2.24, 2.45) is 11.8 Å². The van der Waals surface area contributed by atoms with E-state index >= 15 is 0 Å². The van der Waals surface area contributed by atoms with Crippen LogP contribution in [0.25, 0.3) is 0 Å². The van der Waals surface area contributed by atoms with Gasteiger partial charge in [-0.1, -0.05) is 24.3 Å². The van der Waals surface area contributed by atoms with Crippen molar-refractivity contribution >= 4 is 29.3 Å². The van der Waals surface area contributed by atoms with E-state index in [0.29, 0.717) is 24.1 Å². The van der Waals surface area contributed by atoms with Gasteiger partial charge in [-0.05, 0) is 37.8 Å². The number of benzene rings is 1. The Kier molecular flexibility index (Phi) is 4.98. The van der Waals surface area contributed by atoms with Crippen molar-refractivity contribution < 1.29 is 19.2 Å². The van der Waals surface area contributed by atoms with E-state index in [-0.39, 0.29) is 54.5 Å². The average molecular weight is 381 g/mol. The molecule has 2 aliphatic carbocycles. The predicted molar refractivity (Wildman–Crippen MR) is 102 cm³/mol. The van der Waals surface area contributed by atoms with E-state index in [1.54, 1.807) is 24.3 Å². The van der Waals surface area contributed by atoms with Crippen molar-refractivity contribution in [3.05, 3.63) is 42.0 Å². The number of para-hydroxylation sites is 1. The smallest absolute Gasteiger partial charge is 0.253 e. The van der Waals surface area contributed by atoms with Crippen LogP contribution < -0.4 is 10.6 Å². The van der Waals surface area contributed by atoms with Gasteiger partial charge in [-0.25, -0.2) is 0 Å². The standard InChI is InChI=1S/C21H23N3O4/c25-18(11-12-24-20(27)14-5-1-2-6-15(14)21(24)28)23-17-8-4-3-7-16(17)19(26)22-13-9-10-13/h1-4,7-8,13-15H,5-6,9-12H2,(H,22,26)(H,23,25)/t14-,15-/m1/s1. The number of nitrogens with zero attached hydrogens (tertiary/aromatic N) is 1. The lowest BCUT2D eigenvalue weighted by Crippen LogP contribution is -2.34. The van der Waals surface area contributed by atoms with E-state index in [4.69, 9.17) is 0 Å². The first-order valence-corrected chi connectivity index (χ1v) is 9.74. The third-order valence-corrected chi connectivity index (χ3v) is 5.52. The summed E-state index contributed by atoms with van der Waals surface area (Å²) >= 11 is 0. The van der Waals surface area contributed by atoms with Gasteiger partial charge in [-0.15, -0.1) is 0 Å². The van der Waals surface area contributed by atoms with E-state index in [1.807, 2.05) is 12.2 Å². The number of fused-ring (bicyclic) bond motifs is 1. The Balaban J connectivity index is 1.36. The fraction of sp³-hybridized carbons (Fsp3) is 0.429. The van der Waals surface area contributed by atoms with Crippen LogP contribution in [-0.4, -0.2) is 41.1 Å². The fourth-order valence-corrected chi connectivity index (χ4v) is 3.80. The maximum absolute atomic E-state index is 12.5. The SMILES string of the molecule is O=C(CCN1C(=O)[C@@H]2CC=CC[C@H]2C1=O)Nc1ccccc1C(=O)NC1CC1. The summed E-state index contributed by atoms with van der Waals surface area (Å²) in [7, 11) is 0. The van der Waals surface area contributed by atoms with Gasteiger partial charge in [0.05, 0.1) is 23.1 Å². The zero-order chi connectivity index (χ0) is 19.7. The molecule has 1 aromatic rings. The van der Waals surface area contributed by atoms with Crippen LogP contribution in [0.15, 0.2) is 36.4 Å². The Bertz CT molecular complexity index is 833. The van der Waals surface area contributed by atoms with Crippen molar-refractivity contribution in [2.45, 2.75) is 38.1 Å². The topological polar surface area (TPSA) is 95.6 Å². The number of nitrogens with one attached hydrogen (secondary N) is 2. The second kappa shape index (κ2) is 7.58. The number of amides is 4. The number of imide groups is 1. The van der Waals surface area contributed by atoms with Gasteiger partial charge in [0.25, 0.3) is 5.91 Å². The summed E-state index contributed by atoms with van der Waals surface area (Å²) < 4.78 is 0. The predicted octanol–water partition coefficient (Wildman–Crippen LogP) is 1.86. The van der Waals surface area contributed by atoms with Gasteiger partial charge < -0.3 is 10.6 Å². The van der Waals surface area contributed by atoms with Gasteiger partial charge in [-0.2, -0.15) is 0 Å². The summed E-state index contributed by atoms with van der Waals surface area (Å²) in [6.07, 6.45) is 7.01. The molecule has 3 aliphatic rings. The largest absolute Gasteiger partial charge is 0.349 e. The van der Waals surface area contributed by atoms with E-state index < -0.39 is 0 Å². The molecule has 0 aromatic heterocycles. The number of carbonyl (C=O) groups excluding carboxylic acids is 4. The lowest BCUT2D eigenvalue weighted by molar-refractivity contribution is -0.140. The highest BCUT2D eigenvalue weighted by Crippen LogP contribution is 2.35. The number of anilines is 1. The molecule has 28 heavy (non-hydrogen) atoms. The van der Waals surface area contributed by atoms with Gasteiger partial charge in [-0.3, -0.25) is 24.1 Å². The van der Waals surface area contributed by atoms with Crippen LogP contribution in [0, 0.1) is 11.8 Å². The number of hydrogen-bond acceptors (Lipinski definition) is 4. The van der Waals surface area contributed by atoms with Gasteiger partial charge in [0.2, 0.25) is 17.7 Å². The fourth-order valence-electron chi connectivity index (χ4n) is 3.80. The molecule has 4 amide bonds. The minimum Gasteiger partial charge on any atom is -0.349 e. The third-order valence-electron chi connectivity index (χ3n) is 5.52. The summed E-state index contributed by atoms with van der Waals surface area (Å²) in [6, 6.07) is 7.05. The Morgan fingerprint density at radius 2 is 1.64 bits per heavy atom. The molecular formula is C21H23N3O4. The summed E-state index contributed by atoms with van der Waals surface area (Å²) in [5.41, 5.74) is 0.843. The summed E-state index contributed by atoms with van der Waals surface area (Å²) in [5.74, 6) is -1.48. The third kappa shape index (κ3) is 3.69. The van der Waals surface area contributed by atoms with E-state index in [0.717, 1.165) is 12.8 Å². The van der Waals surface area contributed by atoms with Gasteiger partial charge in [0.15, 0.2) is 0 Å². The normalized spacial score (nSPS) is 23.5. The second-order valence-corrected chi connectivity index (χ2v) is 7.58. The molecule has 1 saturated carbocycles. The first-order chi connectivity index (χ1) is 13.5. The molecule has 1 heterocycles. The number of hydrogen-bond donors (Lipinski definition) is 2. The molecule has 1 saturated heterocycles. The van der Waals surface area contributed by atoms with Crippen molar-refractivity contribution in [3.8, 4) is 0 Å². The lowest BCUT2D eigenvalue weighted by atomic mass is 9.85. The van der Waals surface area contributed by atoms with Crippen molar-refractivity contribution in [1.29, 1.82) is 0 Å². The number of carbonyl (C=O) groups is 4. The van der Waals surface area contributed by atoms with E-state index in [1.165, 1.54) is 4.90 Å². The molecule has 2 fully saturated rings. The van der Waals surface area contributed by atoms with Crippen LogP contribution in [0.2, 0.25) is 0 Å². The average Bonchev–Trinajstić information content (AvgIpc) is 3.48. The summed E-state index contributed by atoms with van der Waals surface area (Å²) in [4.78, 5) is 50.9. The van der Waals surface area contributed by atoms with Crippen LogP contribution in [0.5, 0.6) is 0 Å². The lowest BCUT2D eigenvalue weighted by Gasteiger charge is -2.15. The van der Waals surface area contributed by atoms with Crippen LogP contribution in [0.3, 0.4) is 0 Å². The summed E-state index contributed by atoms with van der Waals surface area (Å²) in [6.45, 7) is 0.0624. The molecule has 1 aliphatic heterocycles. The summed E-state index contributed by atoms with van der Waals surface area (Å²) in [5, 5.41) is 5.65. The number of likely N-dealkylation sites (tertiary alicyclic amines) is 1. The maximum Gasteiger partial charge on any atom is 0.253 e. The van der Waals surface area contributed by atoms with Crippen LogP contribution in [-0.2, 0) is 14.4 Å².